The van der Waals surface area contributed by atoms with Crippen molar-refractivity contribution in [2.24, 2.45) is 0 Å². The van der Waals surface area contributed by atoms with Crippen LogP contribution in [-0.4, -0.2) is 62.1 Å². The van der Waals surface area contributed by atoms with E-state index in [-0.39, 0.29) is 11.7 Å². The number of rotatable bonds is 7. The molecule has 0 spiro atoms. The lowest BCUT2D eigenvalue weighted by atomic mass is 9.99. The number of pyridine rings is 1. The highest BCUT2D eigenvalue weighted by molar-refractivity contribution is 7.89. The van der Waals surface area contributed by atoms with Gasteiger partial charge in [0.1, 0.15) is 5.82 Å². The molecular formula is C22H30N4O3S. The van der Waals surface area contributed by atoms with Crippen LogP contribution in [0.15, 0.2) is 36.5 Å². The Bertz CT molecular complexity index is 962. The number of sulfonamides is 1. The first-order valence-corrected chi connectivity index (χ1v) is 11.9. The quantitative estimate of drug-likeness (QED) is 0.682. The molecular weight excluding hydrogens is 400 g/mol. The lowest BCUT2D eigenvalue weighted by Gasteiger charge is -2.34. The van der Waals surface area contributed by atoms with E-state index in [4.69, 9.17) is 0 Å². The summed E-state index contributed by atoms with van der Waals surface area (Å²) in [6, 6.07) is 9.70. The number of nitrogens with one attached hydrogen (secondary N) is 1. The van der Waals surface area contributed by atoms with Gasteiger partial charge in [-0.15, -0.1) is 0 Å². The number of hydrogen-bond acceptors (Lipinski definition) is 5. The van der Waals surface area contributed by atoms with Crippen LogP contribution in [0, 0.1) is 20.8 Å². The molecule has 1 aromatic heterocycles. The van der Waals surface area contributed by atoms with Crippen LogP contribution in [0.1, 0.15) is 33.5 Å². The van der Waals surface area contributed by atoms with E-state index < -0.39 is 10.0 Å². The van der Waals surface area contributed by atoms with E-state index in [0.29, 0.717) is 44.7 Å². The second kappa shape index (κ2) is 9.57. The van der Waals surface area contributed by atoms with Crippen molar-refractivity contribution in [2.75, 3.05) is 43.4 Å². The summed E-state index contributed by atoms with van der Waals surface area (Å²) < 4.78 is 26.9. The summed E-state index contributed by atoms with van der Waals surface area (Å²) in [5.41, 5.74) is 3.66. The number of hydrogen-bond donors (Lipinski definition) is 1. The molecule has 7 nitrogen and oxygen atoms in total. The molecule has 1 N–H and O–H groups in total. The van der Waals surface area contributed by atoms with Crippen molar-refractivity contribution < 1.29 is 13.2 Å². The third-order valence-electron chi connectivity index (χ3n) is 5.37. The molecule has 0 saturated carbocycles. The maximum absolute atomic E-state index is 12.7. The first-order chi connectivity index (χ1) is 14.3. The Hall–Kier alpha value is -2.45. The largest absolute Gasteiger partial charge is 0.354 e. The fraction of sp³-hybridized carbons (Fsp3) is 0.455. The fourth-order valence-electron chi connectivity index (χ4n) is 3.95. The van der Waals surface area contributed by atoms with E-state index >= 15 is 0 Å². The minimum Gasteiger partial charge on any atom is -0.354 e. The van der Waals surface area contributed by atoms with Gasteiger partial charge in [0.25, 0.3) is 5.91 Å². The van der Waals surface area contributed by atoms with E-state index in [1.54, 1.807) is 10.5 Å². The number of amides is 1. The van der Waals surface area contributed by atoms with Crippen LogP contribution < -0.4 is 10.2 Å². The molecule has 1 fully saturated rings. The van der Waals surface area contributed by atoms with Gasteiger partial charge >= 0.3 is 0 Å². The number of aromatic nitrogens is 1. The molecule has 0 aliphatic carbocycles. The number of carbonyl (C=O) groups excluding carboxylic acids is 1. The number of nitrogens with zero attached hydrogens (tertiary/aromatic N) is 3. The van der Waals surface area contributed by atoms with E-state index in [0.717, 1.165) is 22.5 Å². The van der Waals surface area contributed by atoms with Gasteiger partial charge in [0.2, 0.25) is 10.0 Å². The summed E-state index contributed by atoms with van der Waals surface area (Å²) in [5, 5.41) is 2.87. The molecule has 0 atom stereocenters. The standard InChI is InChI=1S/C22H30N4O3S/c1-17-15-18(2)21(19(3)16-17)22(27)24-9-6-14-30(28,29)26-12-10-25(11-13-26)20-7-4-5-8-23-20/h4-5,7-8,15-16H,6,9-14H2,1-3H3,(H,24,27). The van der Waals surface area contributed by atoms with Gasteiger partial charge in [0.05, 0.1) is 5.75 Å². The lowest BCUT2D eigenvalue weighted by Crippen LogP contribution is -2.49. The Morgan fingerprint density at radius 3 is 2.33 bits per heavy atom. The van der Waals surface area contributed by atoms with Crippen molar-refractivity contribution in [2.45, 2.75) is 27.2 Å². The lowest BCUT2D eigenvalue weighted by molar-refractivity contribution is 0.0952. The maximum atomic E-state index is 12.7. The topological polar surface area (TPSA) is 82.6 Å². The van der Waals surface area contributed by atoms with Crippen molar-refractivity contribution >= 4 is 21.7 Å². The summed E-state index contributed by atoms with van der Waals surface area (Å²) in [5.74, 6) is 0.758. The number of anilines is 1. The molecule has 1 aromatic carbocycles. The molecule has 0 unspecified atom stereocenters. The Morgan fingerprint density at radius 2 is 1.73 bits per heavy atom. The summed E-state index contributed by atoms with van der Waals surface area (Å²) in [4.78, 5) is 18.9. The second-order valence-corrected chi connectivity index (χ2v) is 9.86. The molecule has 1 saturated heterocycles. The van der Waals surface area contributed by atoms with Crippen molar-refractivity contribution in [1.82, 2.24) is 14.6 Å². The predicted octanol–water partition coefficient (Wildman–Crippen LogP) is 2.28. The summed E-state index contributed by atoms with van der Waals surface area (Å²) >= 11 is 0. The molecule has 1 amide bonds. The third kappa shape index (κ3) is 5.37. The first kappa shape index (κ1) is 22.2. The average molecular weight is 431 g/mol. The van der Waals surface area contributed by atoms with Crippen molar-refractivity contribution in [1.29, 1.82) is 0 Å². The highest BCUT2D eigenvalue weighted by atomic mass is 32.2. The van der Waals surface area contributed by atoms with Gasteiger partial charge in [0.15, 0.2) is 0 Å². The van der Waals surface area contributed by atoms with Crippen LogP contribution in [0.2, 0.25) is 0 Å². The number of carbonyl (C=O) groups is 1. The highest BCUT2D eigenvalue weighted by Crippen LogP contribution is 2.17. The zero-order valence-corrected chi connectivity index (χ0v) is 18.7. The Kier molecular flexibility index (Phi) is 7.10. The van der Waals surface area contributed by atoms with E-state index in [9.17, 15) is 13.2 Å². The molecule has 2 heterocycles. The predicted molar refractivity (Wildman–Crippen MR) is 119 cm³/mol. The van der Waals surface area contributed by atoms with Gasteiger partial charge in [-0.05, 0) is 50.5 Å². The maximum Gasteiger partial charge on any atom is 0.251 e. The summed E-state index contributed by atoms with van der Waals surface area (Å²) in [7, 11) is -3.34. The van der Waals surface area contributed by atoms with Crippen LogP contribution in [0.4, 0.5) is 5.82 Å². The van der Waals surface area contributed by atoms with Gasteiger partial charge in [-0.2, -0.15) is 4.31 Å². The van der Waals surface area contributed by atoms with Crippen LogP contribution in [0.3, 0.4) is 0 Å². The third-order valence-corrected chi connectivity index (χ3v) is 7.33. The normalized spacial score (nSPS) is 15.2. The SMILES string of the molecule is Cc1cc(C)c(C(=O)NCCCS(=O)(=O)N2CCN(c3ccccn3)CC2)c(C)c1. The highest BCUT2D eigenvalue weighted by Gasteiger charge is 2.27. The van der Waals surface area contributed by atoms with Gasteiger partial charge in [-0.1, -0.05) is 23.8 Å². The van der Waals surface area contributed by atoms with Crippen molar-refractivity contribution in [3.63, 3.8) is 0 Å². The van der Waals surface area contributed by atoms with E-state index in [2.05, 4.69) is 15.2 Å². The molecule has 2 aromatic rings. The Morgan fingerprint density at radius 1 is 1.07 bits per heavy atom. The first-order valence-electron chi connectivity index (χ1n) is 10.3. The minimum absolute atomic E-state index is 0.0305. The summed E-state index contributed by atoms with van der Waals surface area (Å²) in [6.45, 7) is 8.33. The van der Waals surface area contributed by atoms with Crippen LogP contribution >= 0.6 is 0 Å². The molecule has 162 valence electrons. The number of piperazine rings is 1. The Balaban J connectivity index is 1.46. The van der Waals surface area contributed by atoms with E-state index in [1.807, 2.05) is 51.1 Å². The molecule has 8 heteroatoms. The van der Waals surface area contributed by atoms with Gasteiger partial charge in [0, 0.05) is 44.5 Å². The minimum atomic E-state index is -3.34. The average Bonchev–Trinajstić information content (AvgIpc) is 2.71. The monoisotopic (exact) mass is 430 g/mol. The smallest absolute Gasteiger partial charge is 0.251 e. The second-order valence-electron chi connectivity index (χ2n) is 7.77. The molecule has 1 aliphatic rings. The Labute approximate surface area is 179 Å². The molecule has 1 aliphatic heterocycles. The van der Waals surface area contributed by atoms with Crippen molar-refractivity contribution in [3.05, 3.63) is 58.8 Å². The summed E-state index contributed by atoms with van der Waals surface area (Å²) in [6.07, 6.45) is 2.13. The zero-order valence-electron chi connectivity index (χ0n) is 17.9. The van der Waals surface area contributed by atoms with Crippen molar-refractivity contribution in [3.8, 4) is 0 Å². The van der Waals surface area contributed by atoms with Crippen LogP contribution in [0.5, 0.6) is 0 Å². The molecule has 30 heavy (non-hydrogen) atoms. The van der Waals surface area contributed by atoms with Gasteiger partial charge in [-0.3, -0.25) is 4.79 Å². The van der Waals surface area contributed by atoms with Crippen LogP contribution in [-0.2, 0) is 10.0 Å². The molecule has 3 rings (SSSR count). The van der Waals surface area contributed by atoms with E-state index in [1.165, 1.54) is 0 Å². The molecule has 0 radical (unpaired) electrons. The number of benzene rings is 1. The zero-order chi connectivity index (χ0) is 21.7. The fourth-order valence-corrected chi connectivity index (χ4v) is 5.44. The molecule has 0 bridgehead atoms. The van der Waals surface area contributed by atoms with Gasteiger partial charge in [-0.25, -0.2) is 13.4 Å². The number of aryl methyl sites for hydroxylation is 3. The van der Waals surface area contributed by atoms with Crippen LogP contribution in [0.25, 0.3) is 0 Å². The van der Waals surface area contributed by atoms with Gasteiger partial charge < -0.3 is 10.2 Å².